The Bertz CT molecular complexity index is 802. The van der Waals surface area contributed by atoms with Crippen LogP contribution in [0.5, 0.6) is 0 Å². The molecule has 0 unspecified atom stereocenters. The van der Waals surface area contributed by atoms with E-state index >= 15 is 0 Å². The van der Waals surface area contributed by atoms with E-state index in [1.54, 1.807) is 31.3 Å². The fraction of sp³-hybridized carbons (Fsp3) is 0.0714. The van der Waals surface area contributed by atoms with Crippen molar-refractivity contribution in [1.82, 2.24) is 10.4 Å². The van der Waals surface area contributed by atoms with E-state index in [1.165, 1.54) is 0 Å². The van der Waals surface area contributed by atoms with Crippen molar-refractivity contribution in [2.45, 2.75) is 6.92 Å². The highest BCUT2D eigenvalue weighted by molar-refractivity contribution is 6.00. The minimum atomic E-state index is -0.813. The molecule has 1 amide bonds. The van der Waals surface area contributed by atoms with Gasteiger partial charge in [0, 0.05) is 18.3 Å². The molecule has 0 bridgehead atoms. The Kier molecular flexibility index (Phi) is 4.90. The van der Waals surface area contributed by atoms with Gasteiger partial charge in [-0.2, -0.15) is 5.10 Å². The summed E-state index contributed by atoms with van der Waals surface area (Å²) in [4.78, 5) is 36.1. The monoisotopic (exact) mass is 329 g/mol. The maximum absolute atomic E-state index is 12.0. The van der Waals surface area contributed by atoms with Crippen molar-refractivity contribution in [2.24, 2.45) is 5.10 Å². The molecule has 1 aromatic carbocycles. The standard InChI is InChI=1S/C14H11N5O5/c1-9(13-4-2-3-5-15-13)16-17-14(20)10-6-11(18(21)22)8-12(7-10)19(23)24/h2-8H,1H3,(H,17,20)/b16-9+. The van der Waals surface area contributed by atoms with Crippen molar-refractivity contribution < 1.29 is 14.6 Å². The van der Waals surface area contributed by atoms with Gasteiger partial charge >= 0.3 is 0 Å². The first kappa shape index (κ1) is 16.7. The van der Waals surface area contributed by atoms with Crippen LogP contribution in [-0.2, 0) is 0 Å². The molecule has 2 aromatic rings. The molecular formula is C14H11N5O5. The third kappa shape index (κ3) is 3.94. The molecule has 1 heterocycles. The number of nitro groups is 2. The van der Waals surface area contributed by atoms with Gasteiger partial charge in [-0.1, -0.05) is 6.07 Å². The molecule has 0 aliphatic rings. The fourth-order valence-corrected chi connectivity index (χ4v) is 1.77. The maximum atomic E-state index is 12.0. The Morgan fingerprint density at radius 1 is 1.12 bits per heavy atom. The number of aromatic nitrogens is 1. The quantitative estimate of drug-likeness (QED) is 0.505. The fourth-order valence-electron chi connectivity index (χ4n) is 1.77. The summed E-state index contributed by atoms with van der Waals surface area (Å²) in [6, 6.07) is 7.80. The van der Waals surface area contributed by atoms with Gasteiger partial charge < -0.3 is 0 Å². The van der Waals surface area contributed by atoms with Crippen LogP contribution in [0.15, 0.2) is 47.7 Å². The minimum Gasteiger partial charge on any atom is -0.267 e. The average Bonchev–Trinajstić information content (AvgIpc) is 2.59. The van der Waals surface area contributed by atoms with E-state index in [1.807, 2.05) is 0 Å². The molecule has 2 rings (SSSR count). The minimum absolute atomic E-state index is 0.242. The van der Waals surface area contributed by atoms with E-state index in [4.69, 9.17) is 0 Å². The van der Waals surface area contributed by atoms with Crippen LogP contribution in [0.4, 0.5) is 11.4 Å². The van der Waals surface area contributed by atoms with Crippen molar-refractivity contribution in [3.05, 3.63) is 74.1 Å². The van der Waals surface area contributed by atoms with E-state index < -0.39 is 27.1 Å². The summed E-state index contributed by atoms with van der Waals surface area (Å²) in [7, 11) is 0. The van der Waals surface area contributed by atoms with E-state index in [0.717, 1.165) is 18.2 Å². The Labute approximate surface area is 135 Å². The summed E-state index contributed by atoms with van der Waals surface area (Å²) in [5.74, 6) is -0.808. The number of nitrogens with one attached hydrogen (secondary N) is 1. The summed E-state index contributed by atoms with van der Waals surface area (Å²) in [6.07, 6.45) is 1.56. The molecule has 0 aliphatic carbocycles. The number of benzene rings is 1. The second-order valence-corrected chi connectivity index (χ2v) is 4.61. The second kappa shape index (κ2) is 7.05. The van der Waals surface area contributed by atoms with Crippen LogP contribution in [0.2, 0.25) is 0 Å². The van der Waals surface area contributed by atoms with Crippen molar-refractivity contribution in [1.29, 1.82) is 0 Å². The number of nitrogens with zero attached hydrogens (tertiary/aromatic N) is 4. The van der Waals surface area contributed by atoms with Gasteiger partial charge in [-0.05, 0) is 19.1 Å². The molecule has 0 atom stereocenters. The summed E-state index contributed by atoms with van der Waals surface area (Å²) >= 11 is 0. The van der Waals surface area contributed by atoms with Crippen LogP contribution in [-0.4, -0.2) is 26.4 Å². The summed E-state index contributed by atoms with van der Waals surface area (Å²) in [5.41, 5.74) is 1.78. The molecule has 24 heavy (non-hydrogen) atoms. The first-order valence-corrected chi connectivity index (χ1v) is 6.58. The van der Waals surface area contributed by atoms with Gasteiger partial charge in [0.05, 0.1) is 32.9 Å². The topological polar surface area (TPSA) is 141 Å². The van der Waals surface area contributed by atoms with Gasteiger partial charge in [-0.3, -0.25) is 30.0 Å². The summed E-state index contributed by atoms with van der Waals surface area (Å²) < 4.78 is 0. The van der Waals surface area contributed by atoms with E-state index in [9.17, 15) is 25.0 Å². The number of rotatable bonds is 5. The van der Waals surface area contributed by atoms with Gasteiger partial charge in [0.1, 0.15) is 0 Å². The van der Waals surface area contributed by atoms with E-state index in [0.29, 0.717) is 11.4 Å². The first-order valence-electron chi connectivity index (χ1n) is 6.58. The van der Waals surface area contributed by atoms with Crippen LogP contribution in [0, 0.1) is 20.2 Å². The lowest BCUT2D eigenvalue weighted by Crippen LogP contribution is -2.20. The van der Waals surface area contributed by atoms with Gasteiger partial charge in [0.25, 0.3) is 17.3 Å². The van der Waals surface area contributed by atoms with Crippen molar-refractivity contribution in [2.75, 3.05) is 0 Å². The zero-order chi connectivity index (χ0) is 17.7. The Morgan fingerprint density at radius 3 is 2.25 bits per heavy atom. The second-order valence-electron chi connectivity index (χ2n) is 4.61. The van der Waals surface area contributed by atoms with Crippen molar-refractivity contribution in [3.63, 3.8) is 0 Å². The lowest BCUT2D eigenvalue weighted by Gasteiger charge is -2.03. The maximum Gasteiger partial charge on any atom is 0.277 e. The third-order valence-corrected chi connectivity index (χ3v) is 2.95. The predicted molar refractivity (Wildman–Crippen MR) is 83.7 cm³/mol. The number of hydrazone groups is 1. The molecule has 10 heteroatoms. The highest BCUT2D eigenvalue weighted by Gasteiger charge is 2.19. The number of nitro benzene ring substituents is 2. The first-order chi connectivity index (χ1) is 11.4. The lowest BCUT2D eigenvalue weighted by atomic mass is 10.1. The third-order valence-electron chi connectivity index (χ3n) is 2.95. The van der Waals surface area contributed by atoms with Crippen LogP contribution in [0.25, 0.3) is 0 Å². The number of amides is 1. The Balaban J connectivity index is 2.26. The van der Waals surface area contributed by atoms with E-state index in [2.05, 4.69) is 15.5 Å². The molecule has 0 radical (unpaired) electrons. The molecule has 1 N–H and O–H groups in total. The molecular weight excluding hydrogens is 318 g/mol. The lowest BCUT2D eigenvalue weighted by molar-refractivity contribution is -0.394. The molecule has 10 nitrogen and oxygen atoms in total. The molecule has 0 fully saturated rings. The van der Waals surface area contributed by atoms with Crippen LogP contribution >= 0.6 is 0 Å². The highest BCUT2D eigenvalue weighted by atomic mass is 16.6. The van der Waals surface area contributed by atoms with Gasteiger partial charge in [0.2, 0.25) is 0 Å². The number of pyridine rings is 1. The number of non-ortho nitro benzene ring substituents is 2. The van der Waals surface area contributed by atoms with Crippen molar-refractivity contribution >= 4 is 23.0 Å². The zero-order valence-electron chi connectivity index (χ0n) is 12.4. The molecule has 122 valence electrons. The zero-order valence-corrected chi connectivity index (χ0v) is 12.4. The predicted octanol–water partition coefficient (Wildman–Crippen LogP) is 2.05. The number of carbonyl (C=O) groups is 1. The number of hydrogen-bond donors (Lipinski definition) is 1. The van der Waals surface area contributed by atoms with E-state index in [-0.39, 0.29) is 5.56 Å². The number of carbonyl (C=O) groups excluding carboxylic acids is 1. The number of hydrogen-bond acceptors (Lipinski definition) is 7. The van der Waals surface area contributed by atoms with Gasteiger partial charge in [-0.25, -0.2) is 5.43 Å². The molecule has 0 aliphatic heterocycles. The van der Waals surface area contributed by atoms with Gasteiger partial charge in [0.15, 0.2) is 0 Å². The Hall–Kier alpha value is -3.69. The average molecular weight is 329 g/mol. The molecule has 0 saturated carbocycles. The summed E-state index contributed by atoms with van der Waals surface area (Å²) in [5, 5.41) is 25.5. The van der Waals surface area contributed by atoms with Gasteiger partial charge in [-0.15, -0.1) is 0 Å². The summed E-state index contributed by atoms with van der Waals surface area (Å²) in [6.45, 7) is 1.61. The van der Waals surface area contributed by atoms with Crippen LogP contribution in [0.1, 0.15) is 23.0 Å². The normalized spacial score (nSPS) is 11.0. The molecule has 1 aromatic heterocycles. The van der Waals surface area contributed by atoms with Crippen LogP contribution < -0.4 is 5.43 Å². The SMILES string of the molecule is C/C(=N\NC(=O)c1cc([N+](=O)[O-])cc([N+](=O)[O-])c1)c1ccccn1. The molecule has 0 saturated heterocycles. The smallest absolute Gasteiger partial charge is 0.267 e. The van der Waals surface area contributed by atoms with Crippen LogP contribution in [0.3, 0.4) is 0 Å². The Morgan fingerprint density at radius 2 is 1.75 bits per heavy atom. The molecule has 0 spiro atoms. The largest absolute Gasteiger partial charge is 0.277 e. The van der Waals surface area contributed by atoms with Crippen molar-refractivity contribution in [3.8, 4) is 0 Å². The highest BCUT2D eigenvalue weighted by Crippen LogP contribution is 2.22.